The molecule has 1 unspecified atom stereocenters. The van der Waals surface area contributed by atoms with Crippen molar-refractivity contribution in [1.82, 2.24) is 0 Å². The van der Waals surface area contributed by atoms with Crippen LogP contribution in [0, 0.1) is 5.92 Å². The monoisotopic (exact) mass is 276 g/mol. The Morgan fingerprint density at radius 1 is 1.00 bits per heavy atom. The topological polar surface area (TPSA) is 9.23 Å². The van der Waals surface area contributed by atoms with Gasteiger partial charge in [-0.15, -0.1) is 0 Å². The van der Waals surface area contributed by atoms with Crippen molar-refractivity contribution in [2.75, 3.05) is 0 Å². The summed E-state index contributed by atoms with van der Waals surface area (Å²) in [6.07, 6.45) is 8.65. The number of benzene rings is 1. The van der Waals surface area contributed by atoms with Crippen molar-refractivity contribution in [2.45, 2.75) is 78.4 Å². The van der Waals surface area contributed by atoms with Gasteiger partial charge >= 0.3 is 0 Å². The van der Waals surface area contributed by atoms with Gasteiger partial charge in [-0.25, -0.2) is 0 Å². The summed E-state index contributed by atoms with van der Waals surface area (Å²) in [6.45, 7) is 8.53. The smallest absolute Gasteiger partial charge is 0.0856 e. The van der Waals surface area contributed by atoms with Gasteiger partial charge < -0.3 is 4.74 Å². The van der Waals surface area contributed by atoms with E-state index in [-0.39, 0.29) is 0 Å². The molecule has 0 heterocycles. The standard InChI is InChI=1S/C16H24O.C3H8/c1-13(2)17-16(14-9-5-3-6-10-14)15-11-7-4-8-12-15;1-3-2/h3,5-6,9-10,13,15-16H,4,7-8,11-12H2,1-2H3;3H2,1-2H3. The van der Waals surface area contributed by atoms with Crippen LogP contribution in [-0.2, 0) is 4.74 Å². The molecular formula is C19H32O. The van der Waals surface area contributed by atoms with E-state index in [0.717, 1.165) is 0 Å². The highest BCUT2D eigenvalue weighted by molar-refractivity contribution is 5.18. The zero-order valence-corrected chi connectivity index (χ0v) is 13.8. The van der Waals surface area contributed by atoms with Crippen LogP contribution in [0.1, 0.15) is 77.9 Å². The summed E-state index contributed by atoms with van der Waals surface area (Å²) in [4.78, 5) is 0. The third-order valence-electron chi connectivity index (χ3n) is 3.62. The molecule has 20 heavy (non-hydrogen) atoms. The molecule has 1 atom stereocenters. The van der Waals surface area contributed by atoms with Crippen molar-refractivity contribution in [3.8, 4) is 0 Å². The normalized spacial score (nSPS) is 17.4. The molecule has 0 N–H and O–H groups in total. The first-order chi connectivity index (χ1) is 9.69. The molecule has 114 valence electrons. The predicted octanol–water partition coefficient (Wildman–Crippen LogP) is 6.15. The summed E-state index contributed by atoms with van der Waals surface area (Å²) >= 11 is 0. The first-order valence-corrected chi connectivity index (χ1v) is 8.39. The van der Waals surface area contributed by atoms with Gasteiger partial charge in [-0.3, -0.25) is 0 Å². The number of hydrogen-bond donors (Lipinski definition) is 0. The quantitative estimate of drug-likeness (QED) is 0.641. The largest absolute Gasteiger partial charge is 0.371 e. The maximum Gasteiger partial charge on any atom is 0.0856 e. The fraction of sp³-hybridized carbons (Fsp3) is 0.684. The first kappa shape index (κ1) is 17.2. The Bertz CT molecular complexity index is 325. The summed E-state index contributed by atoms with van der Waals surface area (Å²) in [7, 11) is 0. The Morgan fingerprint density at radius 2 is 1.55 bits per heavy atom. The maximum atomic E-state index is 6.18. The highest BCUT2D eigenvalue weighted by Gasteiger charge is 2.26. The van der Waals surface area contributed by atoms with Gasteiger partial charge in [0.25, 0.3) is 0 Å². The summed E-state index contributed by atoms with van der Waals surface area (Å²) in [6, 6.07) is 10.7. The van der Waals surface area contributed by atoms with Gasteiger partial charge in [-0.1, -0.05) is 69.9 Å². The molecule has 0 spiro atoms. The molecule has 1 aromatic carbocycles. The number of hydrogen-bond acceptors (Lipinski definition) is 1. The van der Waals surface area contributed by atoms with Crippen molar-refractivity contribution in [3.63, 3.8) is 0 Å². The first-order valence-electron chi connectivity index (χ1n) is 8.39. The Balaban J connectivity index is 0.000000612. The molecule has 1 heteroatoms. The molecule has 1 aliphatic carbocycles. The van der Waals surface area contributed by atoms with Crippen molar-refractivity contribution in [2.24, 2.45) is 5.92 Å². The lowest BCUT2D eigenvalue weighted by atomic mass is 9.82. The molecule has 1 aliphatic rings. The van der Waals surface area contributed by atoms with E-state index in [9.17, 15) is 0 Å². The molecule has 0 saturated heterocycles. The summed E-state index contributed by atoms with van der Waals surface area (Å²) in [5, 5.41) is 0. The van der Waals surface area contributed by atoms with Crippen LogP contribution in [0.2, 0.25) is 0 Å². The van der Waals surface area contributed by atoms with Crippen molar-refractivity contribution in [3.05, 3.63) is 35.9 Å². The van der Waals surface area contributed by atoms with Gasteiger partial charge in [0.05, 0.1) is 12.2 Å². The molecule has 0 amide bonds. The van der Waals surface area contributed by atoms with Crippen molar-refractivity contribution >= 4 is 0 Å². The van der Waals surface area contributed by atoms with Crippen LogP contribution in [0.15, 0.2) is 30.3 Å². The van der Waals surface area contributed by atoms with E-state index >= 15 is 0 Å². The van der Waals surface area contributed by atoms with E-state index in [0.29, 0.717) is 18.1 Å². The Morgan fingerprint density at radius 3 is 2.05 bits per heavy atom. The molecule has 1 nitrogen and oxygen atoms in total. The van der Waals surface area contributed by atoms with Crippen LogP contribution in [-0.4, -0.2) is 6.10 Å². The van der Waals surface area contributed by atoms with Crippen molar-refractivity contribution < 1.29 is 4.74 Å². The van der Waals surface area contributed by atoms with E-state index in [1.54, 1.807) is 0 Å². The van der Waals surface area contributed by atoms with Gasteiger partial charge in [-0.2, -0.15) is 0 Å². The third-order valence-corrected chi connectivity index (χ3v) is 3.62. The average Bonchev–Trinajstić information content (AvgIpc) is 2.47. The molecule has 1 fully saturated rings. The molecule has 0 bridgehead atoms. The van der Waals surface area contributed by atoms with Gasteiger partial charge in [-0.05, 0) is 38.2 Å². The maximum absolute atomic E-state index is 6.18. The van der Waals surface area contributed by atoms with Gasteiger partial charge in [0.2, 0.25) is 0 Å². The van der Waals surface area contributed by atoms with E-state index in [1.165, 1.54) is 44.1 Å². The lowest BCUT2D eigenvalue weighted by Gasteiger charge is -2.32. The summed E-state index contributed by atoms with van der Waals surface area (Å²) < 4.78 is 6.18. The fourth-order valence-corrected chi connectivity index (χ4v) is 2.83. The van der Waals surface area contributed by atoms with Gasteiger partial charge in [0, 0.05) is 0 Å². The minimum atomic E-state index is 0.302. The van der Waals surface area contributed by atoms with Crippen molar-refractivity contribution in [1.29, 1.82) is 0 Å². The van der Waals surface area contributed by atoms with Gasteiger partial charge in [0.15, 0.2) is 0 Å². The van der Waals surface area contributed by atoms with Crippen LogP contribution >= 0.6 is 0 Å². The lowest BCUT2D eigenvalue weighted by Crippen LogP contribution is -2.21. The molecule has 0 aromatic heterocycles. The lowest BCUT2D eigenvalue weighted by molar-refractivity contribution is -0.0376. The van der Waals surface area contributed by atoms with Crippen LogP contribution in [0.4, 0.5) is 0 Å². The van der Waals surface area contributed by atoms with E-state index in [4.69, 9.17) is 4.74 Å². The minimum absolute atomic E-state index is 0.302. The highest BCUT2D eigenvalue weighted by atomic mass is 16.5. The van der Waals surface area contributed by atoms with Crippen LogP contribution in [0.5, 0.6) is 0 Å². The Hall–Kier alpha value is -0.820. The summed E-state index contributed by atoms with van der Waals surface area (Å²) in [5.41, 5.74) is 1.35. The number of ether oxygens (including phenoxy) is 1. The fourth-order valence-electron chi connectivity index (χ4n) is 2.83. The number of rotatable bonds is 4. The molecular weight excluding hydrogens is 244 g/mol. The molecule has 1 aromatic rings. The van der Waals surface area contributed by atoms with E-state index in [1.807, 2.05) is 0 Å². The molecule has 0 aliphatic heterocycles. The Labute approximate surface area is 125 Å². The second kappa shape index (κ2) is 9.99. The SMILES string of the molecule is CC(C)OC(c1ccccc1)C1CCCCC1.CCC. The molecule has 1 saturated carbocycles. The zero-order valence-electron chi connectivity index (χ0n) is 13.8. The minimum Gasteiger partial charge on any atom is -0.371 e. The Kier molecular flexibility index (Phi) is 8.60. The molecule has 0 radical (unpaired) electrons. The highest BCUT2D eigenvalue weighted by Crippen LogP contribution is 2.37. The van der Waals surface area contributed by atoms with E-state index in [2.05, 4.69) is 58.0 Å². The van der Waals surface area contributed by atoms with Crippen LogP contribution in [0.3, 0.4) is 0 Å². The summed E-state index contributed by atoms with van der Waals surface area (Å²) in [5.74, 6) is 0.716. The van der Waals surface area contributed by atoms with E-state index < -0.39 is 0 Å². The van der Waals surface area contributed by atoms with Crippen LogP contribution < -0.4 is 0 Å². The van der Waals surface area contributed by atoms with Crippen LogP contribution in [0.25, 0.3) is 0 Å². The third kappa shape index (κ3) is 6.09. The van der Waals surface area contributed by atoms with Gasteiger partial charge in [0.1, 0.15) is 0 Å². The molecule has 2 rings (SSSR count). The predicted molar refractivity (Wildman–Crippen MR) is 87.9 cm³/mol. The zero-order chi connectivity index (χ0) is 14.8. The average molecular weight is 276 g/mol. The second-order valence-electron chi connectivity index (χ2n) is 6.12. The second-order valence-corrected chi connectivity index (χ2v) is 6.12.